The Kier molecular flexibility index (Phi) is 7.24. The molecule has 0 saturated carbocycles. The van der Waals surface area contributed by atoms with Gasteiger partial charge in [-0.25, -0.2) is 13.2 Å². The fourth-order valence-corrected chi connectivity index (χ4v) is 4.21. The molecule has 1 heterocycles. The second-order valence-electron chi connectivity index (χ2n) is 5.43. The molecule has 0 radical (unpaired) electrons. The molecule has 1 fully saturated rings. The van der Waals surface area contributed by atoms with E-state index in [2.05, 4.69) is 0 Å². The molecule has 11 heteroatoms. The first-order valence-electron chi connectivity index (χ1n) is 7.18. The Bertz CT molecular complexity index is 725. The van der Waals surface area contributed by atoms with E-state index in [1.165, 1.54) is 4.31 Å². The summed E-state index contributed by atoms with van der Waals surface area (Å²) >= 11 is 5.98. The van der Waals surface area contributed by atoms with E-state index >= 15 is 0 Å². The maximum atomic E-state index is 12.5. The summed E-state index contributed by atoms with van der Waals surface area (Å²) in [5, 5.41) is 7.59. The normalized spacial score (nSPS) is 19.0. The van der Waals surface area contributed by atoms with E-state index in [4.69, 9.17) is 27.2 Å². The molecule has 6 nitrogen and oxygen atoms in total. The van der Waals surface area contributed by atoms with Crippen molar-refractivity contribution in [3.63, 3.8) is 0 Å². The Morgan fingerprint density at radius 1 is 1.40 bits per heavy atom. The average molecular weight is 403 g/mol. The van der Waals surface area contributed by atoms with E-state index in [9.17, 15) is 21.6 Å². The molecule has 0 spiro atoms. The number of piperidine rings is 1. The van der Waals surface area contributed by atoms with Crippen molar-refractivity contribution in [1.82, 2.24) is 4.31 Å². The van der Waals surface area contributed by atoms with Crippen LogP contribution in [0, 0.1) is 6.92 Å². The molecular weight excluding hydrogens is 385 g/mol. The molecule has 0 unspecified atom stereocenters. The molecule has 0 aromatic heterocycles. The molecule has 0 aliphatic carbocycles. The van der Waals surface area contributed by atoms with Crippen LogP contribution in [-0.4, -0.2) is 49.1 Å². The SMILES string of the molecule is Cc1c(Cl)cccc1S(=O)(=O)N1CCC[C@H](N)C1.O=C(O)C(F)(F)F. The molecule has 0 amide bonds. The molecule has 1 aromatic carbocycles. The van der Waals surface area contributed by atoms with Gasteiger partial charge in [0.25, 0.3) is 0 Å². The van der Waals surface area contributed by atoms with Gasteiger partial charge in [0.1, 0.15) is 0 Å². The number of hydrogen-bond acceptors (Lipinski definition) is 4. The highest BCUT2D eigenvalue weighted by Crippen LogP contribution is 2.27. The topological polar surface area (TPSA) is 101 Å². The van der Waals surface area contributed by atoms with Crippen LogP contribution in [0.15, 0.2) is 23.1 Å². The van der Waals surface area contributed by atoms with Crippen molar-refractivity contribution in [2.24, 2.45) is 5.73 Å². The molecule has 25 heavy (non-hydrogen) atoms. The molecular formula is C14H18ClF3N2O4S. The molecule has 1 saturated heterocycles. The number of nitrogens with two attached hydrogens (primary N) is 1. The summed E-state index contributed by atoms with van der Waals surface area (Å²) in [5.74, 6) is -2.76. The lowest BCUT2D eigenvalue weighted by Gasteiger charge is -2.30. The molecule has 1 atom stereocenters. The third-order valence-corrected chi connectivity index (χ3v) is 5.92. The minimum absolute atomic E-state index is 0.0759. The predicted octanol–water partition coefficient (Wildman–Crippen LogP) is 2.39. The van der Waals surface area contributed by atoms with Gasteiger partial charge < -0.3 is 10.8 Å². The zero-order chi connectivity index (χ0) is 19.4. The van der Waals surface area contributed by atoms with Crippen molar-refractivity contribution < 1.29 is 31.5 Å². The first-order valence-corrected chi connectivity index (χ1v) is 9.00. The summed E-state index contributed by atoms with van der Waals surface area (Å²) in [6.45, 7) is 2.63. The number of alkyl halides is 3. The van der Waals surface area contributed by atoms with Crippen LogP contribution in [0.4, 0.5) is 13.2 Å². The van der Waals surface area contributed by atoms with E-state index < -0.39 is 22.2 Å². The Morgan fingerprint density at radius 3 is 2.44 bits per heavy atom. The summed E-state index contributed by atoms with van der Waals surface area (Å²) in [5.41, 5.74) is 6.43. The highest BCUT2D eigenvalue weighted by atomic mass is 35.5. The van der Waals surface area contributed by atoms with E-state index in [1.807, 2.05) is 0 Å². The van der Waals surface area contributed by atoms with Crippen LogP contribution in [0.3, 0.4) is 0 Å². The molecule has 1 aliphatic heterocycles. The Labute approximate surface area is 148 Å². The zero-order valence-corrected chi connectivity index (χ0v) is 14.8. The van der Waals surface area contributed by atoms with Crippen LogP contribution < -0.4 is 5.73 Å². The second-order valence-corrected chi connectivity index (χ2v) is 7.74. The number of carboxylic acids is 1. The van der Waals surface area contributed by atoms with Crippen molar-refractivity contribution in [2.45, 2.75) is 36.9 Å². The van der Waals surface area contributed by atoms with Crippen molar-refractivity contribution >= 4 is 27.6 Å². The summed E-state index contributed by atoms with van der Waals surface area (Å²) < 4.78 is 58.2. The van der Waals surface area contributed by atoms with Gasteiger partial charge in [0.05, 0.1) is 4.90 Å². The smallest absolute Gasteiger partial charge is 0.475 e. The number of rotatable bonds is 2. The maximum Gasteiger partial charge on any atom is 0.490 e. The molecule has 142 valence electrons. The number of aliphatic carboxylic acids is 1. The largest absolute Gasteiger partial charge is 0.490 e. The molecule has 0 bridgehead atoms. The quantitative estimate of drug-likeness (QED) is 0.791. The average Bonchev–Trinajstić information content (AvgIpc) is 2.49. The lowest BCUT2D eigenvalue weighted by atomic mass is 10.1. The van der Waals surface area contributed by atoms with Crippen molar-refractivity contribution in [3.8, 4) is 0 Å². The third kappa shape index (κ3) is 5.84. The first kappa shape index (κ1) is 21.7. The van der Waals surface area contributed by atoms with E-state index in [1.54, 1.807) is 25.1 Å². The van der Waals surface area contributed by atoms with Gasteiger partial charge in [-0.05, 0) is 37.5 Å². The molecule has 1 aliphatic rings. The molecule has 1 aromatic rings. The third-order valence-electron chi connectivity index (χ3n) is 3.50. The standard InChI is InChI=1S/C12H17ClN2O2S.C2HF3O2/c1-9-11(13)5-2-6-12(9)18(16,17)15-7-3-4-10(14)8-15;3-2(4,5)1(6)7/h2,5-6,10H,3-4,7-8,14H2,1H3;(H,6,7)/t10-;/m0./s1. The number of hydrogen-bond donors (Lipinski definition) is 2. The van der Waals surface area contributed by atoms with Crippen LogP contribution in [0.25, 0.3) is 0 Å². The summed E-state index contributed by atoms with van der Waals surface area (Å²) in [6, 6.07) is 4.87. The van der Waals surface area contributed by atoms with Gasteiger partial charge in [0.2, 0.25) is 10.0 Å². The van der Waals surface area contributed by atoms with Crippen molar-refractivity contribution in [3.05, 3.63) is 28.8 Å². The van der Waals surface area contributed by atoms with Gasteiger partial charge in [-0.2, -0.15) is 17.5 Å². The molecule has 2 rings (SSSR count). The number of halogens is 4. The van der Waals surface area contributed by atoms with Crippen LogP contribution >= 0.6 is 11.6 Å². The predicted molar refractivity (Wildman–Crippen MR) is 85.8 cm³/mol. The van der Waals surface area contributed by atoms with Gasteiger partial charge in [-0.3, -0.25) is 0 Å². The number of carboxylic acid groups (broad SMARTS) is 1. The van der Waals surface area contributed by atoms with Crippen LogP contribution in [-0.2, 0) is 14.8 Å². The Hall–Kier alpha value is -1.36. The number of carbonyl (C=O) groups is 1. The van der Waals surface area contributed by atoms with E-state index in [0.29, 0.717) is 23.7 Å². The van der Waals surface area contributed by atoms with Crippen molar-refractivity contribution in [2.75, 3.05) is 13.1 Å². The van der Waals surface area contributed by atoms with E-state index in [-0.39, 0.29) is 10.9 Å². The monoisotopic (exact) mass is 402 g/mol. The van der Waals surface area contributed by atoms with Crippen LogP contribution in [0.1, 0.15) is 18.4 Å². The maximum absolute atomic E-state index is 12.5. The number of sulfonamides is 1. The van der Waals surface area contributed by atoms with Gasteiger partial charge in [-0.15, -0.1) is 0 Å². The minimum Gasteiger partial charge on any atom is -0.475 e. The van der Waals surface area contributed by atoms with Crippen LogP contribution in [0.5, 0.6) is 0 Å². The lowest BCUT2D eigenvalue weighted by molar-refractivity contribution is -0.192. The zero-order valence-electron chi connectivity index (χ0n) is 13.3. The van der Waals surface area contributed by atoms with E-state index in [0.717, 1.165) is 12.8 Å². The molecule has 3 N–H and O–H groups in total. The fraction of sp³-hybridized carbons (Fsp3) is 0.500. The van der Waals surface area contributed by atoms with Gasteiger partial charge in [0.15, 0.2) is 0 Å². The minimum atomic E-state index is -5.08. The van der Waals surface area contributed by atoms with Gasteiger partial charge in [0, 0.05) is 24.2 Å². The Morgan fingerprint density at radius 2 is 1.96 bits per heavy atom. The number of benzene rings is 1. The lowest BCUT2D eigenvalue weighted by Crippen LogP contribution is -2.45. The summed E-state index contributed by atoms with van der Waals surface area (Å²) in [4.78, 5) is 9.18. The first-order chi connectivity index (χ1) is 11.4. The summed E-state index contributed by atoms with van der Waals surface area (Å²) in [7, 11) is -3.48. The number of nitrogens with zero attached hydrogens (tertiary/aromatic N) is 1. The highest BCUT2D eigenvalue weighted by Gasteiger charge is 2.38. The highest BCUT2D eigenvalue weighted by molar-refractivity contribution is 7.89. The fourth-order valence-electron chi connectivity index (χ4n) is 2.20. The second kappa shape index (κ2) is 8.35. The summed E-state index contributed by atoms with van der Waals surface area (Å²) in [6.07, 6.45) is -3.40. The van der Waals surface area contributed by atoms with Crippen molar-refractivity contribution in [1.29, 1.82) is 0 Å². The van der Waals surface area contributed by atoms with Crippen LogP contribution in [0.2, 0.25) is 5.02 Å². The Balaban J connectivity index is 0.000000381. The van der Waals surface area contributed by atoms with Gasteiger partial charge in [-0.1, -0.05) is 17.7 Å². The van der Waals surface area contributed by atoms with Gasteiger partial charge >= 0.3 is 12.1 Å².